The lowest BCUT2D eigenvalue weighted by Crippen LogP contribution is -2.33. The van der Waals surface area contributed by atoms with Crippen molar-refractivity contribution in [2.75, 3.05) is 5.32 Å². The molecular formula is C19H22N6O4. The molecule has 0 bridgehead atoms. The molecule has 0 saturated heterocycles. The van der Waals surface area contributed by atoms with Crippen LogP contribution in [0.1, 0.15) is 65.6 Å². The Hall–Kier alpha value is -3.43. The number of hydrogen-bond acceptors (Lipinski definition) is 7. The van der Waals surface area contributed by atoms with Crippen LogP contribution in [0.15, 0.2) is 18.3 Å². The van der Waals surface area contributed by atoms with E-state index in [0.29, 0.717) is 11.5 Å². The van der Waals surface area contributed by atoms with E-state index < -0.39 is 11.8 Å². The highest BCUT2D eigenvalue weighted by molar-refractivity contribution is 6.20. The second-order valence-corrected chi connectivity index (χ2v) is 7.57. The van der Waals surface area contributed by atoms with Crippen LogP contribution in [0.2, 0.25) is 0 Å². The van der Waals surface area contributed by atoms with E-state index in [9.17, 15) is 14.4 Å². The van der Waals surface area contributed by atoms with Gasteiger partial charge in [-0.25, -0.2) is 9.78 Å². The third-order valence-electron chi connectivity index (χ3n) is 4.95. The Bertz CT molecular complexity index is 969. The summed E-state index contributed by atoms with van der Waals surface area (Å²) in [4.78, 5) is 39.1. The molecule has 2 aromatic rings. The number of fused-ring (bicyclic) bond motifs is 1. The van der Waals surface area contributed by atoms with Crippen LogP contribution in [0.25, 0.3) is 0 Å². The van der Waals surface area contributed by atoms with Crippen LogP contribution in [-0.4, -0.2) is 45.2 Å². The van der Waals surface area contributed by atoms with Crippen LogP contribution in [0.4, 0.5) is 16.3 Å². The Balaban J connectivity index is 1.37. The first-order valence-electron chi connectivity index (χ1n) is 9.54. The molecule has 1 saturated carbocycles. The van der Waals surface area contributed by atoms with E-state index in [4.69, 9.17) is 4.74 Å². The average molecular weight is 398 g/mol. The molecule has 4 rings (SSSR count). The average Bonchev–Trinajstić information content (AvgIpc) is 3.35. The van der Waals surface area contributed by atoms with Crippen molar-refractivity contribution in [1.82, 2.24) is 25.8 Å². The first-order chi connectivity index (χ1) is 13.9. The van der Waals surface area contributed by atoms with Crippen LogP contribution in [0, 0.1) is 0 Å². The number of H-pyrrole nitrogens is 1. The number of anilines is 2. The molecule has 0 spiro atoms. The fraction of sp³-hybridized carbons (Fsp3) is 0.421. The number of amides is 3. The van der Waals surface area contributed by atoms with Crippen molar-refractivity contribution >= 4 is 29.4 Å². The lowest BCUT2D eigenvalue weighted by molar-refractivity contribution is 0.0876. The van der Waals surface area contributed by atoms with Crippen molar-refractivity contribution in [3.63, 3.8) is 0 Å². The van der Waals surface area contributed by atoms with Crippen molar-refractivity contribution in [1.29, 1.82) is 0 Å². The minimum Gasteiger partial charge on any atom is -0.446 e. The predicted octanol–water partition coefficient (Wildman–Crippen LogP) is 2.20. The molecule has 1 fully saturated rings. The number of ether oxygens (including phenoxy) is 1. The third-order valence-corrected chi connectivity index (χ3v) is 4.95. The number of hydrogen-bond donors (Lipinski definition) is 4. The molecule has 3 amide bonds. The fourth-order valence-electron chi connectivity index (χ4n) is 3.63. The van der Waals surface area contributed by atoms with Gasteiger partial charge in [0.25, 0.3) is 11.8 Å². The summed E-state index contributed by atoms with van der Waals surface area (Å²) in [6, 6.07) is 3.50. The van der Waals surface area contributed by atoms with Gasteiger partial charge in [0, 0.05) is 23.7 Å². The molecule has 1 aliphatic heterocycles. The quantitative estimate of drug-likeness (QED) is 0.566. The molecule has 3 heterocycles. The van der Waals surface area contributed by atoms with Gasteiger partial charge in [0.05, 0.1) is 17.4 Å². The number of carbonyl (C=O) groups is 3. The fourth-order valence-corrected chi connectivity index (χ4v) is 3.63. The van der Waals surface area contributed by atoms with Crippen LogP contribution in [0.5, 0.6) is 0 Å². The van der Waals surface area contributed by atoms with Gasteiger partial charge in [-0.05, 0) is 39.2 Å². The van der Waals surface area contributed by atoms with E-state index in [2.05, 4.69) is 31.1 Å². The van der Waals surface area contributed by atoms with E-state index >= 15 is 0 Å². The van der Waals surface area contributed by atoms with Crippen molar-refractivity contribution in [2.24, 2.45) is 0 Å². The van der Waals surface area contributed by atoms with Gasteiger partial charge >= 0.3 is 6.09 Å². The molecule has 10 nitrogen and oxygen atoms in total. The van der Waals surface area contributed by atoms with Crippen LogP contribution < -0.4 is 16.0 Å². The zero-order chi connectivity index (χ0) is 20.5. The minimum atomic E-state index is -0.487. The maximum atomic E-state index is 11.8. The molecule has 0 radical (unpaired) electrons. The summed E-state index contributed by atoms with van der Waals surface area (Å²) in [5, 5.41) is 15.3. The molecule has 152 valence electrons. The molecular weight excluding hydrogens is 376 g/mol. The maximum absolute atomic E-state index is 11.8. The predicted molar refractivity (Wildman–Crippen MR) is 103 cm³/mol. The molecule has 10 heteroatoms. The molecule has 4 N–H and O–H groups in total. The molecule has 2 atom stereocenters. The van der Waals surface area contributed by atoms with E-state index in [0.717, 1.165) is 25.0 Å². The Kier molecular flexibility index (Phi) is 4.91. The zero-order valence-corrected chi connectivity index (χ0v) is 16.1. The number of nitrogens with one attached hydrogen (secondary N) is 4. The number of pyridine rings is 1. The smallest absolute Gasteiger partial charge is 0.407 e. The summed E-state index contributed by atoms with van der Waals surface area (Å²) in [5.74, 6) is -0.147. The molecule has 1 aliphatic carbocycles. The van der Waals surface area contributed by atoms with Gasteiger partial charge in [0.15, 0.2) is 5.82 Å². The molecule has 2 aromatic heterocycles. The van der Waals surface area contributed by atoms with Gasteiger partial charge in [-0.1, -0.05) is 0 Å². The lowest BCUT2D eigenvalue weighted by Gasteiger charge is -2.14. The van der Waals surface area contributed by atoms with Crippen molar-refractivity contribution in [2.45, 2.75) is 51.2 Å². The maximum Gasteiger partial charge on any atom is 0.407 e. The highest BCUT2D eigenvalue weighted by Gasteiger charge is 2.30. The molecule has 1 unspecified atom stereocenters. The Morgan fingerprint density at radius 2 is 2.07 bits per heavy atom. The van der Waals surface area contributed by atoms with E-state index in [-0.39, 0.29) is 35.4 Å². The van der Waals surface area contributed by atoms with Crippen molar-refractivity contribution in [3.8, 4) is 0 Å². The highest BCUT2D eigenvalue weighted by Crippen LogP contribution is 2.36. The summed E-state index contributed by atoms with van der Waals surface area (Å²) in [5.41, 5.74) is 1.88. The zero-order valence-electron chi connectivity index (χ0n) is 16.1. The summed E-state index contributed by atoms with van der Waals surface area (Å²) in [7, 11) is 0. The van der Waals surface area contributed by atoms with Gasteiger partial charge in [-0.2, -0.15) is 5.10 Å². The summed E-state index contributed by atoms with van der Waals surface area (Å²) >= 11 is 0. The number of alkyl carbamates (subject to hydrolysis) is 1. The number of imide groups is 1. The molecule has 2 aliphatic rings. The minimum absolute atomic E-state index is 0.0406. The van der Waals surface area contributed by atoms with E-state index in [1.54, 1.807) is 6.07 Å². The summed E-state index contributed by atoms with van der Waals surface area (Å²) < 4.78 is 5.46. The van der Waals surface area contributed by atoms with Crippen LogP contribution >= 0.6 is 0 Å². The van der Waals surface area contributed by atoms with Crippen LogP contribution in [-0.2, 0) is 4.74 Å². The van der Waals surface area contributed by atoms with Gasteiger partial charge in [-0.3, -0.25) is 20.0 Å². The van der Waals surface area contributed by atoms with Gasteiger partial charge < -0.3 is 15.4 Å². The third kappa shape index (κ3) is 4.05. The van der Waals surface area contributed by atoms with Crippen LogP contribution in [0.3, 0.4) is 0 Å². The second kappa shape index (κ2) is 7.53. The normalized spacial score (nSPS) is 20.5. The SMILES string of the molecule is CC(C)NC(=O)OC1CC[C@H](c2cc(Nc3cnc4c(c3)C(=O)NC4=O)n[nH]2)C1. The second-order valence-electron chi connectivity index (χ2n) is 7.57. The topological polar surface area (TPSA) is 138 Å². The number of aromatic amines is 1. The van der Waals surface area contributed by atoms with Gasteiger partial charge in [0.1, 0.15) is 11.8 Å². The monoisotopic (exact) mass is 398 g/mol. The summed E-state index contributed by atoms with van der Waals surface area (Å²) in [6.45, 7) is 3.78. The highest BCUT2D eigenvalue weighted by atomic mass is 16.6. The number of carbonyl (C=O) groups excluding carboxylic acids is 3. The number of aromatic nitrogens is 3. The van der Waals surface area contributed by atoms with E-state index in [1.165, 1.54) is 6.20 Å². The number of rotatable bonds is 5. The summed E-state index contributed by atoms with van der Waals surface area (Å²) in [6.07, 6.45) is 3.41. The Morgan fingerprint density at radius 1 is 1.24 bits per heavy atom. The van der Waals surface area contributed by atoms with Crippen molar-refractivity contribution in [3.05, 3.63) is 35.3 Å². The Labute approximate surface area is 166 Å². The van der Waals surface area contributed by atoms with Crippen molar-refractivity contribution < 1.29 is 19.1 Å². The van der Waals surface area contributed by atoms with E-state index in [1.807, 2.05) is 19.9 Å². The Morgan fingerprint density at radius 3 is 2.86 bits per heavy atom. The first-order valence-corrected chi connectivity index (χ1v) is 9.54. The van der Waals surface area contributed by atoms with Gasteiger partial charge in [0.2, 0.25) is 0 Å². The molecule has 0 aromatic carbocycles. The van der Waals surface area contributed by atoms with Gasteiger partial charge in [-0.15, -0.1) is 0 Å². The largest absolute Gasteiger partial charge is 0.446 e. The standard InChI is InChI=1S/C19H22N6O4/c1-9(2)21-19(28)29-12-4-3-10(5-12)14-7-15(25-24-14)22-11-6-13-16(20-8-11)18(27)23-17(13)26/h6-10,12H,3-5H2,1-2H3,(H,21,28)(H2,22,24,25)(H,23,26,27)/t10-,12?/m0/s1. The number of nitrogens with zero attached hydrogens (tertiary/aromatic N) is 2. The molecule has 29 heavy (non-hydrogen) atoms. The first kappa shape index (κ1) is 18.9. The lowest BCUT2D eigenvalue weighted by atomic mass is 10.0.